The molecule has 3 heterocycles. The van der Waals surface area contributed by atoms with Crippen molar-refractivity contribution in [2.45, 2.75) is 128 Å². The zero-order valence-electron chi connectivity index (χ0n) is 28.0. The molecular formula is C32H50FNO11. The maximum Gasteiger partial charge on any atom is 0.509 e. The number of ketones is 2. The molecule has 3 saturated heterocycles. The van der Waals surface area contributed by atoms with E-state index in [2.05, 4.69) is 6.58 Å². The molecule has 0 bridgehead atoms. The minimum Gasteiger partial charge on any atom is -0.456 e. The average Bonchev–Trinajstić information content (AvgIpc) is 3.28. The van der Waals surface area contributed by atoms with Crippen molar-refractivity contribution in [2.24, 2.45) is 17.8 Å². The van der Waals surface area contributed by atoms with E-state index in [9.17, 15) is 24.3 Å². The molecule has 0 aromatic carbocycles. The second-order valence-electron chi connectivity index (χ2n) is 13.6. The highest BCUT2D eigenvalue weighted by Gasteiger charge is 2.60. The van der Waals surface area contributed by atoms with Crippen LogP contribution in [0.2, 0.25) is 0 Å². The predicted molar refractivity (Wildman–Crippen MR) is 159 cm³/mol. The van der Waals surface area contributed by atoms with Gasteiger partial charge in [-0.15, -0.1) is 6.58 Å². The largest absolute Gasteiger partial charge is 0.509 e. The Bertz CT molecular complexity index is 1150. The van der Waals surface area contributed by atoms with Crippen LogP contribution in [-0.4, -0.2) is 114 Å². The molecule has 0 aliphatic carbocycles. The van der Waals surface area contributed by atoms with E-state index >= 15 is 4.39 Å². The Labute approximate surface area is 264 Å². The summed E-state index contributed by atoms with van der Waals surface area (Å²) in [6, 6.07) is -0.362. The summed E-state index contributed by atoms with van der Waals surface area (Å²) in [5.41, 5.74) is -6.32. The van der Waals surface area contributed by atoms with E-state index in [1.807, 2.05) is 11.8 Å². The van der Waals surface area contributed by atoms with Gasteiger partial charge in [0.1, 0.15) is 18.0 Å². The van der Waals surface area contributed by atoms with Gasteiger partial charge in [-0.1, -0.05) is 26.8 Å². The van der Waals surface area contributed by atoms with Gasteiger partial charge < -0.3 is 38.4 Å². The van der Waals surface area contributed by atoms with Gasteiger partial charge in [0.05, 0.1) is 30.3 Å². The van der Waals surface area contributed by atoms with Crippen molar-refractivity contribution in [3.8, 4) is 0 Å². The maximum atomic E-state index is 16.4. The van der Waals surface area contributed by atoms with Gasteiger partial charge in [-0.3, -0.25) is 9.59 Å². The molecule has 3 aliphatic heterocycles. The predicted octanol–water partition coefficient (Wildman–Crippen LogP) is 3.16. The molecule has 0 unspecified atom stereocenters. The lowest BCUT2D eigenvalue weighted by molar-refractivity contribution is -0.297. The number of alkyl halides is 1. The molecule has 0 radical (unpaired) electrons. The highest BCUT2D eigenvalue weighted by molar-refractivity contribution is 6.07. The van der Waals surface area contributed by atoms with Crippen LogP contribution in [0.25, 0.3) is 0 Å². The molecule has 3 rings (SSSR count). The van der Waals surface area contributed by atoms with Crippen LogP contribution in [0.15, 0.2) is 12.7 Å². The first kappa shape index (κ1) is 37.0. The van der Waals surface area contributed by atoms with Gasteiger partial charge in [0.25, 0.3) is 5.67 Å². The lowest BCUT2D eigenvalue weighted by atomic mass is 9.74. The number of carbonyl (C=O) groups excluding carboxylic acids is 4. The third-order valence-electron chi connectivity index (χ3n) is 9.69. The molecule has 0 spiro atoms. The highest BCUT2D eigenvalue weighted by Crippen LogP contribution is 2.42. The van der Waals surface area contributed by atoms with E-state index < -0.39 is 83.2 Å². The molecule has 0 amide bonds. The first-order chi connectivity index (χ1) is 20.7. The van der Waals surface area contributed by atoms with Crippen LogP contribution in [0.4, 0.5) is 9.18 Å². The summed E-state index contributed by atoms with van der Waals surface area (Å²) in [4.78, 5) is 55.3. The summed E-state index contributed by atoms with van der Waals surface area (Å²) in [5, 5.41) is 11.3. The number of rotatable bonds is 6. The standard InChI is InChI=1S/C32H50FNO11/c1-12-13-40-30(7)15-16(2)22(35)18(4)26-32(9,45-29(39)44-26)20(6)42-28(38)31(8,33)24(37)19(5)25(30)43-27-23(36)21(34(10)11)14-17(3)41-27/h12,16-21,23,25-27,36H,1,13-15H2,2-11H3/t16-,17-,18-,19+,20+,21+,23-,25-,26-,27+,30+,31+,32-/m1/s1. The Kier molecular flexibility index (Phi) is 11.3. The van der Waals surface area contributed by atoms with Gasteiger partial charge in [0.15, 0.2) is 23.8 Å². The van der Waals surface area contributed by atoms with Crippen molar-refractivity contribution in [2.75, 3.05) is 20.7 Å². The monoisotopic (exact) mass is 643 g/mol. The number of aliphatic hydroxyl groups is 1. The first-order valence-electron chi connectivity index (χ1n) is 15.5. The number of halogens is 1. The molecule has 0 aromatic heterocycles. The average molecular weight is 644 g/mol. The molecule has 3 fully saturated rings. The van der Waals surface area contributed by atoms with E-state index in [1.54, 1.807) is 34.9 Å². The number of hydrogen-bond acceptors (Lipinski definition) is 12. The second-order valence-corrected chi connectivity index (χ2v) is 13.6. The van der Waals surface area contributed by atoms with Gasteiger partial charge in [0, 0.05) is 17.9 Å². The number of esters is 1. The van der Waals surface area contributed by atoms with E-state index in [1.165, 1.54) is 26.8 Å². The van der Waals surface area contributed by atoms with Gasteiger partial charge in [-0.05, 0) is 61.6 Å². The minimum atomic E-state index is -3.17. The number of ether oxygens (including phenoxy) is 6. The van der Waals surface area contributed by atoms with Crippen LogP contribution in [0.5, 0.6) is 0 Å². The number of Topliss-reactive ketones (excluding diaryl/α,β-unsaturated/α-hetero) is 2. The third kappa shape index (κ3) is 7.27. The third-order valence-corrected chi connectivity index (χ3v) is 9.69. The van der Waals surface area contributed by atoms with E-state index in [-0.39, 0.29) is 31.0 Å². The number of nitrogens with zero attached hydrogens (tertiary/aromatic N) is 1. The molecule has 0 aromatic rings. The number of likely N-dealkylation sites (N-methyl/N-ethyl adjacent to an activating group) is 1. The molecule has 13 atom stereocenters. The van der Waals surface area contributed by atoms with Crippen molar-refractivity contribution in [3.63, 3.8) is 0 Å². The van der Waals surface area contributed by atoms with Gasteiger partial charge in [0.2, 0.25) is 0 Å². The summed E-state index contributed by atoms with van der Waals surface area (Å²) in [5.74, 6) is -6.09. The number of aliphatic hydroxyl groups excluding tert-OH is 1. The summed E-state index contributed by atoms with van der Waals surface area (Å²) < 4.78 is 51.2. The van der Waals surface area contributed by atoms with Crippen molar-refractivity contribution < 1.29 is 57.1 Å². The van der Waals surface area contributed by atoms with E-state index in [4.69, 9.17) is 28.4 Å². The van der Waals surface area contributed by atoms with Crippen molar-refractivity contribution >= 4 is 23.7 Å². The Balaban J connectivity index is 2.16. The first-order valence-corrected chi connectivity index (χ1v) is 15.5. The van der Waals surface area contributed by atoms with Gasteiger partial charge >= 0.3 is 12.1 Å². The quantitative estimate of drug-likeness (QED) is 0.258. The van der Waals surface area contributed by atoms with Crippen LogP contribution in [0, 0.1) is 17.8 Å². The van der Waals surface area contributed by atoms with Crippen LogP contribution in [0.1, 0.15) is 68.2 Å². The maximum absolute atomic E-state index is 16.4. The SMILES string of the molecule is C=CCO[C@@]1(C)C[C@@H](C)C(=O)[C@@H](C)[C@H]2OC(=O)O[C@]2(C)[C@H](C)OC(=O)[C@@](C)(F)C(=O)[C@H](C)[C@H]1O[C@@H]1O[C@H](C)C[C@H](N(C)C)[C@H]1O. The molecule has 0 saturated carbocycles. The number of hydrogen-bond donors (Lipinski definition) is 1. The van der Waals surface area contributed by atoms with Crippen molar-refractivity contribution in [1.82, 2.24) is 4.90 Å². The minimum absolute atomic E-state index is 0.0306. The molecule has 45 heavy (non-hydrogen) atoms. The molecule has 1 N–H and O–H groups in total. The molecule has 13 heteroatoms. The summed E-state index contributed by atoms with van der Waals surface area (Å²) in [6.07, 6.45) is -5.70. The topological polar surface area (TPSA) is 147 Å². The Morgan fingerprint density at radius 2 is 1.67 bits per heavy atom. The summed E-state index contributed by atoms with van der Waals surface area (Å²) in [7, 11) is 3.61. The fraction of sp³-hybridized carbons (Fsp3) is 0.812. The number of fused-ring (bicyclic) bond motifs is 1. The smallest absolute Gasteiger partial charge is 0.456 e. The zero-order valence-corrected chi connectivity index (χ0v) is 28.0. The number of carbonyl (C=O) groups is 4. The molecule has 12 nitrogen and oxygen atoms in total. The normalized spacial score (nSPS) is 45.3. The van der Waals surface area contributed by atoms with Crippen LogP contribution < -0.4 is 0 Å². The van der Waals surface area contributed by atoms with Crippen LogP contribution in [0.3, 0.4) is 0 Å². The number of cyclic esters (lactones) is 1. The molecule has 3 aliphatic rings. The van der Waals surface area contributed by atoms with Gasteiger partial charge in [-0.25, -0.2) is 14.0 Å². The van der Waals surface area contributed by atoms with E-state index in [0.29, 0.717) is 6.42 Å². The van der Waals surface area contributed by atoms with Crippen molar-refractivity contribution in [1.29, 1.82) is 0 Å². The lowest BCUT2D eigenvalue weighted by Crippen LogP contribution is -2.61. The Morgan fingerprint density at radius 3 is 2.24 bits per heavy atom. The van der Waals surface area contributed by atoms with E-state index in [0.717, 1.165) is 6.92 Å². The van der Waals surface area contributed by atoms with Gasteiger partial charge in [-0.2, -0.15) is 0 Å². The fourth-order valence-corrected chi connectivity index (χ4v) is 6.85. The highest BCUT2D eigenvalue weighted by atomic mass is 19.1. The molecule has 256 valence electrons. The summed E-state index contributed by atoms with van der Waals surface area (Å²) >= 11 is 0. The van der Waals surface area contributed by atoms with Crippen molar-refractivity contribution in [3.05, 3.63) is 12.7 Å². The summed E-state index contributed by atoms with van der Waals surface area (Å²) in [6.45, 7) is 15.3. The fourth-order valence-electron chi connectivity index (χ4n) is 6.85. The Hall–Kier alpha value is -2.45. The zero-order chi connectivity index (χ0) is 34.2. The van der Waals surface area contributed by atoms with Crippen LogP contribution >= 0.6 is 0 Å². The molecular weight excluding hydrogens is 593 g/mol. The lowest BCUT2D eigenvalue weighted by Gasteiger charge is -2.47. The second kappa shape index (κ2) is 13.7. The van der Waals surface area contributed by atoms with Crippen LogP contribution in [-0.2, 0) is 42.8 Å². The Morgan fingerprint density at radius 1 is 1.04 bits per heavy atom.